The van der Waals surface area contributed by atoms with Gasteiger partial charge in [-0.05, 0) is 38.5 Å². The molecule has 3 rings (SSSR count). The van der Waals surface area contributed by atoms with Gasteiger partial charge in [0.05, 0.1) is 17.7 Å². The minimum atomic E-state index is -0.754. The van der Waals surface area contributed by atoms with Crippen LogP contribution in [-0.2, 0) is 14.3 Å². The van der Waals surface area contributed by atoms with Gasteiger partial charge < -0.3 is 19.5 Å². The predicted octanol–water partition coefficient (Wildman–Crippen LogP) is 4.69. The molecule has 0 saturated carbocycles. The zero-order valence-electron chi connectivity index (χ0n) is 17.8. The molecular weight excluding hydrogens is 462 g/mol. The summed E-state index contributed by atoms with van der Waals surface area (Å²) in [5.74, 6) is -0.978. The van der Waals surface area contributed by atoms with Crippen LogP contribution < -0.4 is 4.74 Å². The first-order valence-electron chi connectivity index (χ1n) is 10.1. The topological polar surface area (TPSA) is 76.1 Å². The zero-order valence-corrected chi connectivity index (χ0v) is 19.4. The number of hydrogen-bond donors (Lipinski definition) is 1. The van der Waals surface area contributed by atoms with E-state index in [0.717, 1.165) is 4.47 Å². The maximum Gasteiger partial charge on any atom is 0.295 e. The lowest BCUT2D eigenvalue weighted by molar-refractivity contribution is -0.140. The lowest BCUT2D eigenvalue weighted by atomic mass is 9.94. The van der Waals surface area contributed by atoms with Gasteiger partial charge in [-0.3, -0.25) is 9.59 Å². The summed E-state index contributed by atoms with van der Waals surface area (Å²) in [5, 5.41) is 11.1. The first kappa shape index (κ1) is 23.0. The monoisotopic (exact) mass is 487 g/mol. The Labute approximate surface area is 190 Å². The molecule has 164 valence electrons. The van der Waals surface area contributed by atoms with Gasteiger partial charge in [0.15, 0.2) is 0 Å². The molecule has 1 aliphatic heterocycles. The van der Waals surface area contributed by atoms with Crippen LogP contribution in [0, 0.1) is 0 Å². The number of rotatable bonds is 8. The molecule has 0 aromatic heterocycles. The summed E-state index contributed by atoms with van der Waals surface area (Å²) < 4.78 is 11.9. The zero-order chi connectivity index (χ0) is 22.5. The molecule has 7 heteroatoms. The SMILES string of the molecule is COCCCN1C(=O)C(=O)/C(=C(\O)c2ccc(Br)cc2)C1c1ccccc1OC(C)C. The van der Waals surface area contributed by atoms with Gasteiger partial charge in [-0.1, -0.05) is 46.3 Å². The minimum Gasteiger partial charge on any atom is -0.507 e. The number of ether oxygens (including phenoxy) is 2. The summed E-state index contributed by atoms with van der Waals surface area (Å²) in [5.41, 5.74) is 1.18. The van der Waals surface area contributed by atoms with Crippen molar-refractivity contribution in [2.24, 2.45) is 0 Å². The van der Waals surface area contributed by atoms with Crippen molar-refractivity contribution in [3.05, 3.63) is 69.7 Å². The van der Waals surface area contributed by atoms with Crippen LogP contribution in [0.1, 0.15) is 37.4 Å². The molecule has 1 N–H and O–H groups in total. The number of amides is 1. The summed E-state index contributed by atoms with van der Waals surface area (Å²) in [6.45, 7) is 4.59. The average molecular weight is 488 g/mol. The molecular formula is C24H26BrNO5. The molecule has 1 heterocycles. The van der Waals surface area contributed by atoms with Crippen molar-refractivity contribution in [3.8, 4) is 5.75 Å². The number of Topliss-reactive ketones (excluding diaryl/α,β-unsaturated/α-hetero) is 1. The Hall–Kier alpha value is -2.64. The lowest BCUT2D eigenvalue weighted by Gasteiger charge is -2.27. The van der Waals surface area contributed by atoms with E-state index in [2.05, 4.69) is 15.9 Å². The Bertz CT molecular complexity index is 984. The van der Waals surface area contributed by atoms with E-state index in [0.29, 0.717) is 36.4 Å². The van der Waals surface area contributed by atoms with Gasteiger partial charge in [-0.25, -0.2) is 0 Å². The van der Waals surface area contributed by atoms with E-state index in [1.165, 1.54) is 4.90 Å². The normalized spacial score (nSPS) is 18.1. The van der Waals surface area contributed by atoms with E-state index < -0.39 is 17.7 Å². The van der Waals surface area contributed by atoms with Gasteiger partial charge >= 0.3 is 0 Å². The summed E-state index contributed by atoms with van der Waals surface area (Å²) in [6, 6.07) is 13.5. The Balaban J connectivity index is 2.16. The van der Waals surface area contributed by atoms with Gasteiger partial charge in [0.25, 0.3) is 11.7 Å². The van der Waals surface area contributed by atoms with E-state index in [9.17, 15) is 14.7 Å². The van der Waals surface area contributed by atoms with Crippen molar-refractivity contribution in [1.29, 1.82) is 0 Å². The molecule has 1 atom stereocenters. The molecule has 2 aromatic rings. The van der Waals surface area contributed by atoms with E-state index in [1.807, 2.05) is 38.1 Å². The van der Waals surface area contributed by atoms with Crippen LogP contribution in [0.3, 0.4) is 0 Å². The van der Waals surface area contributed by atoms with E-state index >= 15 is 0 Å². The van der Waals surface area contributed by atoms with Crippen molar-refractivity contribution in [1.82, 2.24) is 4.90 Å². The summed E-state index contributed by atoms with van der Waals surface area (Å²) in [7, 11) is 1.59. The Morgan fingerprint density at radius 3 is 2.45 bits per heavy atom. The highest BCUT2D eigenvalue weighted by atomic mass is 79.9. The number of ketones is 1. The fourth-order valence-electron chi connectivity index (χ4n) is 3.64. The van der Waals surface area contributed by atoms with Gasteiger partial charge in [-0.2, -0.15) is 0 Å². The van der Waals surface area contributed by atoms with Crippen molar-refractivity contribution in [2.75, 3.05) is 20.3 Å². The first-order valence-corrected chi connectivity index (χ1v) is 10.9. The number of halogens is 1. The molecule has 6 nitrogen and oxygen atoms in total. The van der Waals surface area contributed by atoms with E-state index in [-0.39, 0.29) is 17.4 Å². The Morgan fingerprint density at radius 1 is 1.13 bits per heavy atom. The number of hydrogen-bond acceptors (Lipinski definition) is 5. The second kappa shape index (κ2) is 10.1. The van der Waals surface area contributed by atoms with Crippen LogP contribution in [0.15, 0.2) is 58.6 Å². The number of carbonyl (C=O) groups excluding carboxylic acids is 2. The molecule has 1 amide bonds. The predicted molar refractivity (Wildman–Crippen MR) is 122 cm³/mol. The first-order chi connectivity index (χ1) is 14.8. The van der Waals surface area contributed by atoms with Crippen molar-refractivity contribution >= 4 is 33.4 Å². The van der Waals surface area contributed by atoms with Crippen molar-refractivity contribution < 1.29 is 24.2 Å². The standard InChI is InChI=1S/C24H26BrNO5/c1-15(2)31-19-8-5-4-7-18(19)21-20(22(27)16-9-11-17(25)12-10-16)23(28)24(29)26(21)13-6-14-30-3/h4-5,7-12,15,21,27H,6,13-14H2,1-3H3/b22-20-. The quantitative estimate of drug-likeness (QED) is 0.253. The molecule has 0 spiro atoms. The molecule has 1 fully saturated rings. The smallest absolute Gasteiger partial charge is 0.295 e. The van der Waals surface area contributed by atoms with Gasteiger partial charge in [-0.15, -0.1) is 0 Å². The number of methoxy groups -OCH3 is 1. The largest absolute Gasteiger partial charge is 0.507 e. The third kappa shape index (κ3) is 4.99. The number of para-hydroxylation sites is 1. The van der Waals surface area contributed by atoms with Crippen LogP contribution in [0.4, 0.5) is 0 Å². The third-order valence-electron chi connectivity index (χ3n) is 4.98. The minimum absolute atomic E-state index is 0.0598. The van der Waals surface area contributed by atoms with Gasteiger partial charge in [0, 0.05) is 35.9 Å². The molecule has 1 aliphatic rings. The van der Waals surface area contributed by atoms with Crippen LogP contribution in [0.2, 0.25) is 0 Å². The molecule has 0 radical (unpaired) electrons. The van der Waals surface area contributed by atoms with Gasteiger partial charge in [0.1, 0.15) is 11.5 Å². The van der Waals surface area contributed by atoms with Crippen LogP contribution in [-0.4, -0.2) is 48.1 Å². The fraction of sp³-hybridized carbons (Fsp3) is 0.333. The highest BCUT2D eigenvalue weighted by molar-refractivity contribution is 9.10. The highest BCUT2D eigenvalue weighted by Gasteiger charge is 2.46. The van der Waals surface area contributed by atoms with Gasteiger partial charge in [0.2, 0.25) is 0 Å². The fourth-order valence-corrected chi connectivity index (χ4v) is 3.91. The molecule has 1 unspecified atom stereocenters. The summed E-state index contributed by atoms with van der Waals surface area (Å²) in [4.78, 5) is 27.5. The number of benzene rings is 2. The lowest BCUT2D eigenvalue weighted by Crippen LogP contribution is -2.31. The number of aliphatic hydroxyl groups excluding tert-OH is 1. The second-order valence-electron chi connectivity index (χ2n) is 7.55. The average Bonchev–Trinajstić information content (AvgIpc) is 2.99. The number of likely N-dealkylation sites (tertiary alicyclic amines) is 1. The third-order valence-corrected chi connectivity index (χ3v) is 5.51. The number of aliphatic hydroxyl groups is 1. The maximum absolute atomic E-state index is 13.1. The molecule has 0 bridgehead atoms. The molecule has 0 aliphatic carbocycles. The Morgan fingerprint density at radius 2 is 1.81 bits per heavy atom. The van der Waals surface area contributed by atoms with Crippen molar-refractivity contribution in [2.45, 2.75) is 32.4 Å². The molecule has 1 saturated heterocycles. The Kier molecular flexibility index (Phi) is 7.51. The number of carbonyl (C=O) groups is 2. The second-order valence-corrected chi connectivity index (χ2v) is 8.47. The van der Waals surface area contributed by atoms with Crippen molar-refractivity contribution in [3.63, 3.8) is 0 Å². The van der Waals surface area contributed by atoms with E-state index in [1.54, 1.807) is 31.4 Å². The molecule has 2 aromatic carbocycles. The van der Waals surface area contributed by atoms with Crippen LogP contribution >= 0.6 is 15.9 Å². The van der Waals surface area contributed by atoms with Crippen LogP contribution in [0.5, 0.6) is 5.75 Å². The summed E-state index contributed by atoms with van der Waals surface area (Å²) in [6.07, 6.45) is 0.467. The number of nitrogens with zero attached hydrogens (tertiary/aromatic N) is 1. The molecule has 31 heavy (non-hydrogen) atoms. The van der Waals surface area contributed by atoms with Crippen LogP contribution in [0.25, 0.3) is 5.76 Å². The highest BCUT2D eigenvalue weighted by Crippen LogP contribution is 2.43. The maximum atomic E-state index is 13.1. The van der Waals surface area contributed by atoms with E-state index in [4.69, 9.17) is 9.47 Å². The summed E-state index contributed by atoms with van der Waals surface area (Å²) >= 11 is 3.37.